The van der Waals surface area contributed by atoms with Crippen LogP contribution in [0.4, 0.5) is 0 Å². The molecule has 0 spiro atoms. The Morgan fingerprint density at radius 1 is 1.50 bits per heavy atom. The van der Waals surface area contributed by atoms with E-state index in [1.807, 2.05) is 6.20 Å². The highest BCUT2D eigenvalue weighted by Crippen LogP contribution is 2.25. The third-order valence-corrected chi connectivity index (χ3v) is 5.23. The summed E-state index contributed by atoms with van der Waals surface area (Å²) in [5, 5.41) is 0. The lowest BCUT2D eigenvalue weighted by Crippen LogP contribution is -2.44. The third-order valence-electron chi connectivity index (χ3n) is 3.98. The number of hydrogen-bond donors (Lipinski definition) is 1. The van der Waals surface area contributed by atoms with Crippen LogP contribution in [0.25, 0.3) is 0 Å². The maximum absolute atomic E-state index is 12.2. The van der Waals surface area contributed by atoms with Gasteiger partial charge in [0.15, 0.2) is 0 Å². The molecule has 2 heterocycles. The number of rotatable bonds is 5. The normalized spacial score (nSPS) is 19.6. The van der Waals surface area contributed by atoms with E-state index in [-0.39, 0.29) is 11.9 Å². The minimum atomic E-state index is -3.52. The van der Waals surface area contributed by atoms with Gasteiger partial charge in [-0.05, 0) is 19.9 Å². The molecule has 124 valence electrons. The Morgan fingerprint density at radius 3 is 2.86 bits per heavy atom. The Kier molecular flexibility index (Phi) is 5.23. The molecule has 1 aliphatic rings. The van der Waals surface area contributed by atoms with Crippen molar-refractivity contribution in [2.45, 2.75) is 38.6 Å². The highest BCUT2D eigenvalue weighted by Gasteiger charge is 2.28. The fraction of sp³-hybridized carbons (Fsp3) is 0.714. The summed E-state index contributed by atoms with van der Waals surface area (Å²) in [6.07, 6.45) is 5.56. The Morgan fingerprint density at radius 2 is 2.23 bits per heavy atom. The monoisotopic (exact) mass is 328 g/mol. The maximum Gasteiger partial charge on any atom is 0.239 e. The second kappa shape index (κ2) is 6.78. The summed E-state index contributed by atoms with van der Waals surface area (Å²) < 4.78 is 27.4. The molecule has 2 rings (SSSR count). The van der Waals surface area contributed by atoms with Crippen LogP contribution in [-0.2, 0) is 14.8 Å². The van der Waals surface area contributed by atoms with Gasteiger partial charge in [-0.2, -0.15) is 0 Å². The summed E-state index contributed by atoms with van der Waals surface area (Å²) in [5.41, 5.74) is 0. The highest BCUT2D eigenvalue weighted by atomic mass is 32.2. The van der Waals surface area contributed by atoms with Crippen LogP contribution < -0.4 is 4.72 Å². The smallest absolute Gasteiger partial charge is 0.239 e. The molecule has 1 aromatic rings. The van der Waals surface area contributed by atoms with Gasteiger partial charge in [-0.25, -0.2) is 18.1 Å². The topological polar surface area (TPSA) is 84.3 Å². The fourth-order valence-electron chi connectivity index (χ4n) is 2.81. The number of nitrogens with one attached hydrogen (secondary N) is 1. The van der Waals surface area contributed by atoms with Crippen molar-refractivity contribution in [3.05, 3.63) is 18.2 Å². The van der Waals surface area contributed by atoms with Crippen LogP contribution in [0.15, 0.2) is 12.4 Å². The second-order valence-electron chi connectivity index (χ2n) is 5.95. The predicted molar refractivity (Wildman–Crippen MR) is 84.0 cm³/mol. The molecule has 1 unspecified atom stereocenters. The molecule has 0 bridgehead atoms. The number of amides is 1. The van der Waals surface area contributed by atoms with E-state index in [9.17, 15) is 13.2 Å². The molecule has 1 aliphatic heterocycles. The van der Waals surface area contributed by atoms with Gasteiger partial charge in [0.25, 0.3) is 0 Å². The van der Waals surface area contributed by atoms with E-state index in [1.54, 1.807) is 11.1 Å². The lowest BCUT2D eigenvalue weighted by Gasteiger charge is -2.34. The average molecular weight is 328 g/mol. The van der Waals surface area contributed by atoms with Crippen molar-refractivity contribution in [3.63, 3.8) is 0 Å². The highest BCUT2D eigenvalue weighted by molar-refractivity contribution is 7.90. The molecular weight excluding hydrogens is 304 g/mol. The molecule has 1 aromatic heterocycles. The summed E-state index contributed by atoms with van der Waals surface area (Å²) in [5.74, 6) is 0.482. The summed E-state index contributed by atoms with van der Waals surface area (Å²) >= 11 is 0. The first-order chi connectivity index (χ1) is 10.3. The van der Waals surface area contributed by atoms with Crippen LogP contribution in [-0.4, -0.2) is 54.7 Å². The van der Waals surface area contributed by atoms with E-state index in [0.29, 0.717) is 19.0 Å². The van der Waals surface area contributed by atoms with Crippen LogP contribution in [0.3, 0.4) is 0 Å². The van der Waals surface area contributed by atoms with Crippen molar-refractivity contribution in [1.29, 1.82) is 0 Å². The summed E-state index contributed by atoms with van der Waals surface area (Å²) in [4.78, 5) is 18.2. The van der Waals surface area contributed by atoms with Crippen LogP contribution >= 0.6 is 0 Å². The zero-order valence-electron chi connectivity index (χ0n) is 13.3. The van der Waals surface area contributed by atoms with Gasteiger partial charge in [0.1, 0.15) is 11.6 Å². The minimum absolute atomic E-state index is 0.162. The molecule has 1 amide bonds. The van der Waals surface area contributed by atoms with Crippen molar-refractivity contribution in [2.24, 2.45) is 0 Å². The van der Waals surface area contributed by atoms with Gasteiger partial charge < -0.3 is 9.47 Å². The Hall–Kier alpha value is -1.41. The van der Waals surface area contributed by atoms with E-state index in [0.717, 1.165) is 18.7 Å². The molecule has 7 nitrogen and oxygen atoms in total. The number of imidazole rings is 1. The Bertz CT molecular complexity index is 624. The minimum Gasteiger partial charge on any atom is -0.340 e. The summed E-state index contributed by atoms with van der Waals surface area (Å²) in [7, 11) is -2.20. The zero-order valence-corrected chi connectivity index (χ0v) is 14.1. The van der Waals surface area contributed by atoms with Gasteiger partial charge in [0.2, 0.25) is 15.9 Å². The summed E-state index contributed by atoms with van der Waals surface area (Å²) in [6.45, 7) is 5.32. The first kappa shape index (κ1) is 17.0. The molecule has 0 radical (unpaired) electrons. The number of aromatic nitrogens is 2. The van der Waals surface area contributed by atoms with Crippen molar-refractivity contribution >= 4 is 15.9 Å². The molecule has 0 saturated carbocycles. The van der Waals surface area contributed by atoms with Crippen molar-refractivity contribution in [1.82, 2.24) is 19.2 Å². The number of nitrogens with zero attached hydrogens (tertiary/aromatic N) is 3. The molecule has 0 aliphatic carbocycles. The molecule has 1 saturated heterocycles. The molecular formula is C14H24N4O3S. The lowest BCUT2D eigenvalue weighted by molar-refractivity contribution is -0.130. The summed E-state index contributed by atoms with van der Waals surface area (Å²) in [6, 6.07) is 0.162. The molecule has 1 atom stereocenters. The number of piperidine rings is 1. The van der Waals surface area contributed by atoms with Crippen LogP contribution in [0, 0.1) is 0 Å². The second-order valence-corrected chi connectivity index (χ2v) is 7.87. The number of likely N-dealkylation sites (tertiary alicyclic amines) is 1. The van der Waals surface area contributed by atoms with Crippen molar-refractivity contribution in [2.75, 3.05) is 25.9 Å². The van der Waals surface area contributed by atoms with E-state index in [1.165, 1.54) is 7.05 Å². The van der Waals surface area contributed by atoms with Gasteiger partial charge >= 0.3 is 0 Å². The van der Waals surface area contributed by atoms with Crippen molar-refractivity contribution < 1.29 is 13.2 Å². The van der Waals surface area contributed by atoms with E-state index < -0.39 is 15.8 Å². The zero-order chi connectivity index (χ0) is 16.3. The fourth-order valence-corrected chi connectivity index (χ4v) is 3.47. The van der Waals surface area contributed by atoms with Gasteiger partial charge in [0, 0.05) is 31.4 Å². The van der Waals surface area contributed by atoms with Crippen molar-refractivity contribution in [3.8, 4) is 0 Å². The largest absolute Gasteiger partial charge is 0.340 e. The van der Waals surface area contributed by atoms with Crippen LogP contribution in [0.5, 0.6) is 0 Å². The number of hydrogen-bond acceptors (Lipinski definition) is 4. The number of carbonyl (C=O) groups excluding carboxylic acids is 1. The van der Waals surface area contributed by atoms with E-state index in [4.69, 9.17) is 0 Å². The Balaban J connectivity index is 2.09. The number of sulfonamides is 1. The van der Waals surface area contributed by atoms with Gasteiger partial charge in [0.05, 0.1) is 6.04 Å². The first-order valence-corrected chi connectivity index (χ1v) is 9.21. The standard InChI is InChI=1S/C14H24N4O3S/c1-11(2)14-16-6-8-18(14)12-5-4-7-17(9-12)13(19)10-22(20,21)15-3/h6,8,11-12,15H,4-5,7,9-10H2,1-3H3. The van der Waals surface area contributed by atoms with E-state index in [2.05, 4.69) is 28.1 Å². The third kappa shape index (κ3) is 3.86. The molecule has 1 fully saturated rings. The SMILES string of the molecule is CNS(=O)(=O)CC(=O)N1CCCC(n2ccnc2C(C)C)C1. The van der Waals surface area contributed by atoms with Gasteiger partial charge in [-0.3, -0.25) is 4.79 Å². The van der Waals surface area contributed by atoms with Crippen LogP contribution in [0.2, 0.25) is 0 Å². The molecule has 0 aromatic carbocycles. The first-order valence-electron chi connectivity index (χ1n) is 7.55. The lowest BCUT2D eigenvalue weighted by atomic mass is 10.0. The molecule has 22 heavy (non-hydrogen) atoms. The predicted octanol–water partition coefficient (Wildman–Crippen LogP) is 0.719. The number of carbonyl (C=O) groups is 1. The van der Waals surface area contributed by atoms with Gasteiger partial charge in [-0.1, -0.05) is 13.8 Å². The quantitative estimate of drug-likeness (QED) is 0.863. The molecule has 8 heteroatoms. The molecule has 1 N–H and O–H groups in total. The average Bonchev–Trinajstić information content (AvgIpc) is 2.96. The van der Waals surface area contributed by atoms with E-state index >= 15 is 0 Å². The maximum atomic E-state index is 12.2. The van der Waals surface area contributed by atoms with Crippen LogP contribution in [0.1, 0.15) is 44.5 Å². The van der Waals surface area contributed by atoms with Gasteiger partial charge in [-0.15, -0.1) is 0 Å². The Labute approximate surface area is 131 Å².